The lowest BCUT2D eigenvalue weighted by Crippen LogP contribution is -2.48. The maximum absolute atomic E-state index is 12.9. The molecule has 0 bridgehead atoms. The van der Waals surface area contributed by atoms with E-state index in [0.717, 1.165) is 30.6 Å². The van der Waals surface area contributed by atoms with Gasteiger partial charge in [-0.25, -0.2) is 4.79 Å². The molecular formula is C23H30N2O5. The van der Waals surface area contributed by atoms with Crippen molar-refractivity contribution in [3.05, 3.63) is 35.4 Å². The van der Waals surface area contributed by atoms with Crippen LogP contribution in [0.3, 0.4) is 0 Å². The van der Waals surface area contributed by atoms with Gasteiger partial charge in [0.15, 0.2) is 6.61 Å². The minimum Gasteiger partial charge on any atom is -0.454 e. The second-order valence-electron chi connectivity index (χ2n) is 8.42. The summed E-state index contributed by atoms with van der Waals surface area (Å²) in [6.07, 6.45) is 4.14. The Hall–Kier alpha value is -2.70. The average Bonchev–Trinajstić information content (AvgIpc) is 3.00. The predicted molar refractivity (Wildman–Crippen MR) is 111 cm³/mol. The van der Waals surface area contributed by atoms with Crippen LogP contribution in [0.15, 0.2) is 24.3 Å². The Morgan fingerprint density at radius 3 is 2.30 bits per heavy atom. The topological polar surface area (TPSA) is 84.0 Å². The van der Waals surface area contributed by atoms with Gasteiger partial charge in [0.2, 0.25) is 0 Å². The van der Waals surface area contributed by atoms with Crippen LogP contribution >= 0.6 is 0 Å². The van der Waals surface area contributed by atoms with Crippen LogP contribution in [0.2, 0.25) is 0 Å². The molecule has 2 aliphatic rings. The molecule has 1 saturated heterocycles. The van der Waals surface area contributed by atoms with Crippen molar-refractivity contribution >= 4 is 23.7 Å². The van der Waals surface area contributed by atoms with Gasteiger partial charge < -0.3 is 9.64 Å². The fourth-order valence-electron chi connectivity index (χ4n) is 4.31. The molecule has 7 heteroatoms. The van der Waals surface area contributed by atoms with Crippen molar-refractivity contribution in [2.45, 2.75) is 65.0 Å². The molecule has 3 amide bonds. The summed E-state index contributed by atoms with van der Waals surface area (Å²) >= 11 is 0. The molecule has 30 heavy (non-hydrogen) atoms. The van der Waals surface area contributed by atoms with Gasteiger partial charge in [0, 0.05) is 12.6 Å². The zero-order valence-corrected chi connectivity index (χ0v) is 17.9. The third-order valence-electron chi connectivity index (χ3n) is 5.86. The van der Waals surface area contributed by atoms with Gasteiger partial charge in [-0.2, -0.15) is 0 Å². The molecule has 7 nitrogen and oxygen atoms in total. The first-order valence-corrected chi connectivity index (χ1v) is 10.8. The highest BCUT2D eigenvalue weighted by Gasteiger charge is 2.43. The molecule has 0 radical (unpaired) electrons. The van der Waals surface area contributed by atoms with Crippen molar-refractivity contribution in [1.29, 1.82) is 0 Å². The highest BCUT2D eigenvalue weighted by molar-refractivity contribution is 6.22. The van der Waals surface area contributed by atoms with Crippen molar-refractivity contribution in [2.24, 2.45) is 5.92 Å². The van der Waals surface area contributed by atoms with Crippen LogP contribution in [0, 0.1) is 5.92 Å². The molecule has 0 aliphatic carbocycles. The second kappa shape index (κ2) is 9.41. The first-order chi connectivity index (χ1) is 14.3. The SMILES string of the molecule is CC[C@H]1CCCCN1C(=O)COC(=O)[C@@H](CC(C)C)N1C(=O)c2ccccc2C1=O. The summed E-state index contributed by atoms with van der Waals surface area (Å²) < 4.78 is 5.34. The number of hydrogen-bond donors (Lipinski definition) is 0. The molecule has 3 rings (SSSR count). The Morgan fingerprint density at radius 1 is 1.10 bits per heavy atom. The van der Waals surface area contributed by atoms with Crippen molar-refractivity contribution in [1.82, 2.24) is 9.80 Å². The minimum absolute atomic E-state index is 0.0501. The average molecular weight is 415 g/mol. The van der Waals surface area contributed by atoms with E-state index in [1.165, 1.54) is 0 Å². The predicted octanol–water partition coefficient (Wildman–Crippen LogP) is 3.03. The van der Waals surface area contributed by atoms with Gasteiger partial charge in [0.1, 0.15) is 6.04 Å². The second-order valence-corrected chi connectivity index (χ2v) is 8.42. The molecule has 0 N–H and O–H groups in total. The number of likely N-dealkylation sites (tertiary alicyclic amines) is 1. The zero-order valence-electron chi connectivity index (χ0n) is 17.9. The minimum atomic E-state index is -1.05. The molecule has 162 valence electrons. The van der Waals surface area contributed by atoms with Crippen molar-refractivity contribution in [3.63, 3.8) is 0 Å². The number of ether oxygens (including phenoxy) is 1. The molecule has 2 atom stereocenters. The number of piperidine rings is 1. The number of amides is 3. The zero-order chi connectivity index (χ0) is 21.8. The summed E-state index contributed by atoms with van der Waals surface area (Å²) in [7, 11) is 0. The molecule has 1 aromatic rings. The van der Waals surface area contributed by atoms with Crippen LogP contribution in [0.5, 0.6) is 0 Å². The smallest absolute Gasteiger partial charge is 0.329 e. The van der Waals surface area contributed by atoms with E-state index < -0.39 is 23.8 Å². The van der Waals surface area contributed by atoms with Crippen LogP contribution in [0.1, 0.15) is 73.6 Å². The summed E-state index contributed by atoms with van der Waals surface area (Å²) in [6, 6.07) is 5.66. The van der Waals surface area contributed by atoms with Gasteiger partial charge in [0.05, 0.1) is 11.1 Å². The van der Waals surface area contributed by atoms with Crippen molar-refractivity contribution < 1.29 is 23.9 Å². The monoisotopic (exact) mass is 414 g/mol. The quantitative estimate of drug-likeness (QED) is 0.506. The molecule has 2 heterocycles. The van der Waals surface area contributed by atoms with Crippen LogP contribution in [-0.2, 0) is 14.3 Å². The number of imide groups is 1. The molecule has 2 aliphatic heterocycles. The standard InChI is InChI=1S/C23H30N2O5/c1-4-16-9-7-8-12-24(16)20(26)14-30-23(29)19(13-15(2)3)25-21(27)17-10-5-6-11-18(17)22(25)28/h5-6,10-11,15-16,19H,4,7-9,12-14H2,1-3H3/t16-,19+/m0/s1. The first kappa shape index (κ1) is 22.0. The maximum Gasteiger partial charge on any atom is 0.329 e. The van der Waals surface area contributed by atoms with Gasteiger partial charge >= 0.3 is 5.97 Å². The Bertz CT molecular complexity index is 800. The highest BCUT2D eigenvalue weighted by atomic mass is 16.5. The van der Waals surface area contributed by atoms with Crippen molar-refractivity contribution in [3.8, 4) is 0 Å². The molecule has 0 spiro atoms. The van der Waals surface area contributed by atoms with Gasteiger partial charge in [-0.15, -0.1) is 0 Å². The maximum atomic E-state index is 12.9. The number of rotatable bonds is 7. The van der Waals surface area contributed by atoms with Crippen LogP contribution in [0.25, 0.3) is 0 Å². The lowest BCUT2D eigenvalue weighted by atomic mass is 10.00. The van der Waals surface area contributed by atoms with E-state index in [9.17, 15) is 19.2 Å². The van der Waals surface area contributed by atoms with Crippen LogP contribution in [-0.4, -0.2) is 58.7 Å². The Balaban J connectivity index is 1.71. The van der Waals surface area contributed by atoms with E-state index in [1.54, 1.807) is 29.2 Å². The highest BCUT2D eigenvalue weighted by Crippen LogP contribution is 2.27. The Morgan fingerprint density at radius 2 is 1.73 bits per heavy atom. The van der Waals surface area contributed by atoms with Gasteiger partial charge in [-0.3, -0.25) is 19.3 Å². The van der Waals surface area contributed by atoms with E-state index in [4.69, 9.17) is 4.74 Å². The number of esters is 1. The third kappa shape index (κ3) is 4.40. The van der Waals surface area contributed by atoms with E-state index in [0.29, 0.717) is 17.7 Å². The van der Waals surface area contributed by atoms with E-state index in [2.05, 4.69) is 0 Å². The molecule has 0 unspecified atom stereocenters. The largest absolute Gasteiger partial charge is 0.454 e. The fraction of sp³-hybridized carbons (Fsp3) is 0.565. The summed E-state index contributed by atoms with van der Waals surface area (Å²) in [5.74, 6) is -1.87. The molecule has 1 aromatic carbocycles. The van der Waals surface area contributed by atoms with Gasteiger partial charge in [0.25, 0.3) is 17.7 Å². The first-order valence-electron chi connectivity index (χ1n) is 10.8. The summed E-state index contributed by atoms with van der Waals surface area (Å²) in [5, 5.41) is 0. The normalized spacial score (nSPS) is 19.8. The summed E-state index contributed by atoms with van der Waals surface area (Å²) in [6.45, 7) is 6.16. The number of hydrogen-bond acceptors (Lipinski definition) is 5. The van der Waals surface area contributed by atoms with Crippen LogP contribution < -0.4 is 0 Å². The molecular weight excluding hydrogens is 384 g/mol. The van der Waals surface area contributed by atoms with E-state index in [-0.39, 0.29) is 30.9 Å². The number of carbonyl (C=O) groups excluding carboxylic acids is 4. The van der Waals surface area contributed by atoms with Crippen LogP contribution in [0.4, 0.5) is 0 Å². The molecule has 1 fully saturated rings. The number of carbonyl (C=O) groups is 4. The van der Waals surface area contributed by atoms with Gasteiger partial charge in [-0.1, -0.05) is 32.9 Å². The van der Waals surface area contributed by atoms with Crippen molar-refractivity contribution in [2.75, 3.05) is 13.2 Å². The number of benzene rings is 1. The Kier molecular flexibility index (Phi) is 6.90. The van der Waals surface area contributed by atoms with Gasteiger partial charge in [-0.05, 0) is 50.2 Å². The van der Waals surface area contributed by atoms with E-state index >= 15 is 0 Å². The fourth-order valence-corrected chi connectivity index (χ4v) is 4.31. The summed E-state index contributed by atoms with van der Waals surface area (Å²) in [4.78, 5) is 54.0. The third-order valence-corrected chi connectivity index (χ3v) is 5.86. The molecule has 0 saturated carbocycles. The molecule has 0 aromatic heterocycles. The number of nitrogens with zero attached hydrogens (tertiary/aromatic N) is 2. The Labute approximate surface area is 177 Å². The lowest BCUT2D eigenvalue weighted by molar-refractivity contribution is -0.157. The lowest BCUT2D eigenvalue weighted by Gasteiger charge is -2.35. The summed E-state index contributed by atoms with van der Waals surface area (Å²) in [5.41, 5.74) is 0.582. The number of fused-ring (bicyclic) bond motifs is 1. The van der Waals surface area contributed by atoms with E-state index in [1.807, 2.05) is 20.8 Å².